The molecule has 0 fully saturated rings. The van der Waals surface area contributed by atoms with E-state index in [1.54, 1.807) is 18.6 Å². The molecule has 0 radical (unpaired) electrons. The second-order valence-electron chi connectivity index (χ2n) is 3.45. The van der Waals surface area contributed by atoms with E-state index in [0.29, 0.717) is 6.42 Å². The molecule has 16 heavy (non-hydrogen) atoms. The number of rotatable bonds is 4. The summed E-state index contributed by atoms with van der Waals surface area (Å²) < 4.78 is 0. The van der Waals surface area contributed by atoms with E-state index in [0.717, 1.165) is 29.1 Å². The van der Waals surface area contributed by atoms with Gasteiger partial charge in [-0.05, 0) is 12.8 Å². The lowest BCUT2D eigenvalue weighted by molar-refractivity contribution is 0.299. The number of hydrogen-bond donors (Lipinski definition) is 2. The molecule has 2 N–H and O–H groups in total. The van der Waals surface area contributed by atoms with E-state index in [1.807, 2.05) is 0 Å². The lowest BCUT2D eigenvalue weighted by Gasteiger charge is -2.01. The van der Waals surface area contributed by atoms with Crippen molar-refractivity contribution >= 4 is 0 Å². The molecule has 2 aromatic rings. The van der Waals surface area contributed by atoms with Crippen molar-refractivity contribution in [2.75, 3.05) is 6.61 Å². The molecule has 5 heteroatoms. The highest BCUT2D eigenvalue weighted by atomic mass is 16.2. The fraction of sp³-hybridized carbons (Fsp3) is 0.364. The van der Waals surface area contributed by atoms with Crippen molar-refractivity contribution in [3.05, 3.63) is 29.8 Å². The van der Waals surface area contributed by atoms with Gasteiger partial charge in [-0.2, -0.15) is 5.10 Å². The minimum absolute atomic E-state index is 0.111. The average molecular weight is 218 g/mol. The molecule has 0 saturated heterocycles. The minimum atomic E-state index is 0.111. The van der Waals surface area contributed by atoms with E-state index in [4.69, 9.17) is 5.11 Å². The van der Waals surface area contributed by atoms with Crippen molar-refractivity contribution in [3.63, 3.8) is 0 Å². The van der Waals surface area contributed by atoms with Crippen LogP contribution in [0.25, 0.3) is 11.4 Å². The predicted octanol–water partition coefficient (Wildman–Crippen LogP) is 0.964. The van der Waals surface area contributed by atoms with Crippen molar-refractivity contribution in [1.82, 2.24) is 20.2 Å². The van der Waals surface area contributed by atoms with Gasteiger partial charge < -0.3 is 5.11 Å². The van der Waals surface area contributed by atoms with Crippen LogP contribution in [0.1, 0.15) is 18.2 Å². The minimum Gasteiger partial charge on any atom is -0.396 e. The number of aliphatic hydroxyl groups excluding tert-OH is 1. The van der Waals surface area contributed by atoms with Gasteiger partial charge in [-0.15, -0.1) is 0 Å². The summed E-state index contributed by atoms with van der Waals surface area (Å²) >= 11 is 0. The average Bonchev–Trinajstić information content (AvgIpc) is 2.74. The monoisotopic (exact) mass is 218 g/mol. The number of H-pyrrole nitrogens is 1. The Morgan fingerprint density at radius 3 is 2.88 bits per heavy atom. The highest BCUT2D eigenvalue weighted by molar-refractivity contribution is 5.58. The van der Waals surface area contributed by atoms with Crippen molar-refractivity contribution in [3.8, 4) is 11.4 Å². The summed E-state index contributed by atoms with van der Waals surface area (Å²) in [7, 11) is 0. The fourth-order valence-electron chi connectivity index (χ4n) is 1.71. The van der Waals surface area contributed by atoms with E-state index in [2.05, 4.69) is 27.1 Å². The molecule has 0 aromatic carbocycles. The molecule has 0 aliphatic heterocycles. The largest absolute Gasteiger partial charge is 0.396 e. The molecule has 0 aliphatic carbocycles. The van der Waals surface area contributed by atoms with Crippen LogP contribution in [-0.2, 0) is 12.8 Å². The first-order chi connectivity index (χ1) is 7.86. The molecular formula is C11H14N4O. The Balaban J connectivity index is 2.44. The number of aliphatic hydroxyl groups is 1. The van der Waals surface area contributed by atoms with E-state index in [-0.39, 0.29) is 6.61 Å². The Morgan fingerprint density at radius 1 is 1.38 bits per heavy atom. The van der Waals surface area contributed by atoms with Gasteiger partial charge in [0.05, 0.1) is 6.20 Å². The predicted molar refractivity (Wildman–Crippen MR) is 59.8 cm³/mol. The molecule has 0 amide bonds. The smallest absolute Gasteiger partial charge is 0.116 e. The van der Waals surface area contributed by atoms with Gasteiger partial charge in [0.1, 0.15) is 11.4 Å². The third kappa shape index (κ3) is 1.94. The maximum absolute atomic E-state index is 9.05. The first kappa shape index (κ1) is 10.8. The fourth-order valence-corrected chi connectivity index (χ4v) is 1.71. The molecule has 2 rings (SSSR count). The van der Waals surface area contributed by atoms with Gasteiger partial charge >= 0.3 is 0 Å². The molecular weight excluding hydrogens is 204 g/mol. The van der Waals surface area contributed by atoms with Crippen LogP contribution in [0.3, 0.4) is 0 Å². The van der Waals surface area contributed by atoms with Crippen LogP contribution in [0.15, 0.2) is 18.6 Å². The maximum atomic E-state index is 9.05. The Bertz CT molecular complexity index is 452. The summed E-state index contributed by atoms with van der Waals surface area (Å²) in [4.78, 5) is 8.23. The van der Waals surface area contributed by atoms with E-state index < -0.39 is 0 Å². The van der Waals surface area contributed by atoms with E-state index in [1.165, 1.54) is 0 Å². The van der Waals surface area contributed by atoms with Gasteiger partial charge in [-0.3, -0.25) is 15.1 Å². The highest BCUT2D eigenvalue weighted by Gasteiger charge is 2.13. The Hall–Kier alpha value is -1.75. The van der Waals surface area contributed by atoms with E-state index in [9.17, 15) is 0 Å². The van der Waals surface area contributed by atoms with Crippen LogP contribution in [0.4, 0.5) is 0 Å². The Kier molecular flexibility index (Phi) is 3.26. The van der Waals surface area contributed by atoms with Crippen LogP contribution in [0, 0.1) is 0 Å². The van der Waals surface area contributed by atoms with Crippen molar-refractivity contribution in [2.45, 2.75) is 19.8 Å². The summed E-state index contributed by atoms with van der Waals surface area (Å²) in [5.41, 5.74) is 3.61. The second-order valence-corrected chi connectivity index (χ2v) is 3.45. The first-order valence-corrected chi connectivity index (χ1v) is 5.30. The van der Waals surface area contributed by atoms with Crippen molar-refractivity contribution in [2.24, 2.45) is 0 Å². The third-order valence-electron chi connectivity index (χ3n) is 2.47. The number of aryl methyl sites for hydroxylation is 1. The van der Waals surface area contributed by atoms with Gasteiger partial charge in [0.15, 0.2) is 0 Å². The van der Waals surface area contributed by atoms with Gasteiger partial charge in [-0.1, -0.05) is 6.92 Å². The molecule has 2 heterocycles. The van der Waals surface area contributed by atoms with Crippen LogP contribution in [0.2, 0.25) is 0 Å². The van der Waals surface area contributed by atoms with Gasteiger partial charge in [0, 0.05) is 30.3 Å². The second kappa shape index (κ2) is 4.85. The third-order valence-corrected chi connectivity index (χ3v) is 2.47. The molecule has 84 valence electrons. The van der Waals surface area contributed by atoms with Crippen molar-refractivity contribution in [1.29, 1.82) is 0 Å². The number of hydrogen-bond acceptors (Lipinski definition) is 4. The normalized spacial score (nSPS) is 10.6. The number of aromatic amines is 1. The molecule has 2 aromatic heterocycles. The Labute approximate surface area is 93.6 Å². The van der Waals surface area contributed by atoms with Crippen molar-refractivity contribution < 1.29 is 5.11 Å². The van der Waals surface area contributed by atoms with Crippen LogP contribution >= 0.6 is 0 Å². The van der Waals surface area contributed by atoms with Crippen LogP contribution < -0.4 is 0 Å². The topological polar surface area (TPSA) is 74.7 Å². The molecule has 0 saturated carbocycles. The molecule has 0 atom stereocenters. The quantitative estimate of drug-likeness (QED) is 0.801. The Morgan fingerprint density at radius 2 is 2.25 bits per heavy atom. The SMILES string of the molecule is CCc1[nH]nc(-c2cnccn2)c1CCO. The molecule has 0 bridgehead atoms. The zero-order valence-electron chi connectivity index (χ0n) is 9.14. The molecule has 5 nitrogen and oxygen atoms in total. The van der Waals surface area contributed by atoms with Gasteiger partial charge in [0.25, 0.3) is 0 Å². The zero-order chi connectivity index (χ0) is 11.4. The van der Waals surface area contributed by atoms with Gasteiger partial charge in [0.2, 0.25) is 0 Å². The molecule has 0 aliphatic rings. The summed E-state index contributed by atoms with van der Waals surface area (Å²) in [6, 6.07) is 0. The number of nitrogens with one attached hydrogen (secondary N) is 1. The van der Waals surface area contributed by atoms with E-state index >= 15 is 0 Å². The van der Waals surface area contributed by atoms with Gasteiger partial charge in [-0.25, -0.2) is 0 Å². The summed E-state index contributed by atoms with van der Waals surface area (Å²) in [5, 5.41) is 16.3. The van der Waals surface area contributed by atoms with Crippen LogP contribution in [-0.4, -0.2) is 31.9 Å². The molecule has 0 spiro atoms. The number of nitrogens with zero attached hydrogens (tertiary/aromatic N) is 3. The summed E-state index contributed by atoms with van der Waals surface area (Å²) in [6.07, 6.45) is 6.39. The zero-order valence-corrected chi connectivity index (χ0v) is 9.14. The van der Waals surface area contributed by atoms with Crippen LogP contribution in [0.5, 0.6) is 0 Å². The summed E-state index contributed by atoms with van der Waals surface area (Å²) in [5.74, 6) is 0. The first-order valence-electron chi connectivity index (χ1n) is 5.30. The standard InChI is InChI=1S/C11H14N4O/c1-2-9-8(3-6-16)11(15-14-9)10-7-12-4-5-13-10/h4-5,7,16H,2-3,6H2,1H3,(H,14,15). The maximum Gasteiger partial charge on any atom is 0.116 e. The highest BCUT2D eigenvalue weighted by Crippen LogP contribution is 2.21. The number of aromatic nitrogens is 4. The molecule has 0 unspecified atom stereocenters. The lowest BCUT2D eigenvalue weighted by atomic mass is 10.1. The lowest BCUT2D eigenvalue weighted by Crippen LogP contribution is -1.97. The summed E-state index contributed by atoms with van der Waals surface area (Å²) in [6.45, 7) is 2.16.